The van der Waals surface area contributed by atoms with Crippen LogP contribution >= 0.6 is 11.6 Å². The molecule has 2 aromatic rings. The molecule has 0 amide bonds. The predicted octanol–water partition coefficient (Wildman–Crippen LogP) is 3.76. The Labute approximate surface area is 168 Å². The van der Waals surface area contributed by atoms with Crippen LogP contribution in [0.5, 0.6) is 0 Å². The van der Waals surface area contributed by atoms with Gasteiger partial charge >= 0.3 is 11.9 Å². The number of Topliss-reactive ketones (excluding diaryl/α,β-unsaturated/α-hetero) is 1. The van der Waals surface area contributed by atoms with Gasteiger partial charge in [-0.3, -0.25) is 9.59 Å². The Hall–Kier alpha value is -2.86. The number of hydrogen-bond donors (Lipinski definition) is 0. The zero-order valence-corrected chi connectivity index (χ0v) is 16.8. The monoisotopic (exact) mass is 403 g/mol. The molecular weight excluding hydrogens is 382 g/mol. The van der Waals surface area contributed by atoms with Crippen molar-refractivity contribution in [1.29, 1.82) is 0 Å². The molecule has 148 valence electrons. The molecule has 28 heavy (non-hydrogen) atoms. The maximum absolute atomic E-state index is 12.4. The maximum Gasteiger partial charge on any atom is 0.331 e. The smallest absolute Gasteiger partial charge is 0.331 e. The van der Waals surface area contributed by atoms with Crippen LogP contribution in [-0.2, 0) is 25.6 Å². The van der Waals surface area contributed by atoms with E-state index in [4.69, 9.17) is 16.3 Å². The fourth-order valence-corrected chi connectivity index (χ4v) is 2.96. The van der Waals surface area contributed by atoms with Gasteiger partial charge in [-0.1, -0.05) is 29.8 Å². The first-order valence-corrected chi connectivity index (χ1v) is 9.07. The summed E-state index contributed by atoms with van der Waals surface area (Å²) in [6.07, 6.45) is 2.98. The quantitative estimate of drug-likeness (QED) is 0.381. The van der Waals surface area contributed by atoms with Gasteiger partial charge in [0.05, 0.1) is 13.5 Å². The fourth-order valence-electron chi connectivity index (χ4n) is 2.76. The molecule has 0 fully saturated rings. The molecule has 0 atom stereocenters. The van der Waals surface area contributed by atoms with Crippen molar-refractivity contribution in [2.45, 2.75) is 26.8 Å². The van der Waals surface area contributed by atoms with Crippen LogP contribution in [0.4, 0.5) is 0 Å². The van der Waals surface area contributed by atoms with Gasteiger partial charge in [-0.25, -0.2) is 4.79 Å². The minimum Gasteiger partial charge on any atom is -0.469 e. The van der Waals surface area contributed by atoms with Gasteiger partial charge in [0.15, 0.2) is 6.61 Å². The summed E-state index contributed by atoms with van der Waals surface area (Å²) < 4.78 is 11.5. The van der Waals surface area contributed by atoms with Crippen molar-refractivity contribution in [3.8, 4) is 0 Å². The molecule has 0 spiro atoms. The van der Waals surface area contributed by atoms with Gasteiger partial charge < -0.3 is 14.0 Å². The summed E-state index contributed by atoms with van der Waals surface area (Å²) in [5, 5.41) is 0.516. The average Bonchev–Trinajstić information content (AvgIpc) is 2.97. The van der Waals surface area contributed by atoms with Crippen molar-refractivity contribution in [3.63, 3.8) is 0 Å². The van der Waals surface area contributed by atoms with Crippen LogP contribution in [0.15, 0.2) is 36.4 Å². The summed E-state index contributed by atoms with van der Waals surface area (Å²) in [6, 6.07) is 8.80. The molecule has 0 aliphatic heterocycles. The molecule has 0 aliphatic rings. The lowest BCUT2D eigenvalue weighted by molar-refractivity contribution is -0.141. The van der Waals surface area contributed by atoms with Crippen molar-refractivity contribution < 1.29 is 23.9 Å². The standard InChI is InChI=1S/C21H22ClNO5/c1-14-12-17(15(2)23(14)11-10-20(25)27-3)19(24)13-28-21(26)9-8-16-6-4-5-7-18(16)22/h4-9,12H,10-11,13H2,1-3H3/b9-8+. The maximum atomic E-state index is 12.4. The molecule has 6 nitrogen and oxygen atoms in total. The van der Waals surface area contributed by atoms with Crippen LogP contribution in [0.25, 0.3) is 6.08 Å². The first kappa shape index (κ1) is 21.4. The largest absolute Gasteiger partial charge is 0.469 e. The molecule has 7 heteroatoms. The van der Waals surface area contributed by atoms with Gasteiger partial charge in [0.2, 0.25) is 5.78 Å². The van der Waals surface area contributed by atoms with Gasteiger partial charge in [-0.05, 0) is 37.6 Å². The van der Waals surface area contributed by atoms with Crippen molar-refractivity contribution >= 4 is 35.4 Å². The molecule has 1 aromatic heterocycles. The Bertz CT molecular complexity index is 914. The van der Waals surface area contributed by atoms with Crippen LogP contribution in [0.2, 0.25) is 5.02 Å². The summed E-state index contributed by atoms with van der Waals surface area (Å²) in [5.74, 6) is -1.26. The molecule has 0 unspecified atom stereocenters. The molecule has 0 saturated heterocycles. The normalized spacial score (nSPS) is 10.9. The summed E-state index contributed by atoms with van der Waals surface area (Å²) in [5.41, 5.74) is 2.70. The number of aryl methyl sites for hydroxylation is 1. The van der Waals surface area contributed by atoms with Crippen LogP contribution in [0.3, 0.4) is 0 Å². The number of carbonyl (C=O) groups is 3. The van der Waals surface area contributed by atoms with Crippen molar-refractivity contribution in [1.82, 2.24) is 4.57 Å². The number of carbonyl (C=O) groups excluding carboxylic acids is 3. The molecule has 0 radical (unpaired) electrons. The highest BCUT2D eigenvalue weighted by molar-refractivity contribution is 6.32. The third kappa shape index (κ3) is 5.57. The second-order valence-corrected chi connectivity index (χ2v) is 6.56. The highest BCUT2D eigenvalue weighted by atomic mass is 35.5. The summed E-state index contributed by atoms with van der Waals surface area (Å²) in [6.45, 7) is 3.68. The van der Waals surface area contributed by atoms with E-state index in [2.05, 4.69) is 4.74 Å². The van der Waals surface area contributed by atoms with E-state index in [0.717, 1.165) is 5.69 Å². The number of aromatic nitrogens is 1. The van der Waals surface area contributed by atoms with Gasteiger partial charge in [0.1, 0.15) is 0 Å². The summed E-state index contributed by atoms with van der Waals surface area (Å²) >= 11 is 6.02. The molecule has 0 saturated carbocycles. The molecule has 0 N–H and O–H groups in total. The Morgan fingerprint density at radius 2 is 1.89 bits per heavy atom. The summed E-state index contributed by atoms with van der Waals surface area (Å²) in [7, 11) is 1.33. The summed E-state index contributed by atoms with van der Waals surface area (Å²) in [4.78, 5) is 35.6. The number of rotatable bonds is 8. The Kier molecular flexibility index (Phi) is 7.58. The number of hydrogen-bond acceptors (Lipinski definition) is 5. The number of ether oxygens (including phenoxy) is 2. The van der Waals surface area contributed by atoms with Gasteiger partial charge in [0, 0.05) is 34.6 Å². The topological polar surface area (TPSA) is 74.6 Å². The van der Waals surface area contributed by atoms with E-state index in [1.54, 1.807) is 37.3 Å². The van der Waals surface area contributed by atoms with Gasteiger partial charge in [0.25, 0.3) is 0 Å². The number of halogens is 1. The van der Waals surface area contributed by atoms with E-state index in [9.17, 15) is 14.4 Å². The van der Waals surface area contributed by atoms with Crippen LogP contribution in [0, 0.1) is 13.8 Å². The molecule has 1 aromatic carbocycles. The third-order valence-electron chi connectivity index (χ3n) is 4.29. The lowest BCUT2D eigenvalue weighted by Gasteiger charge is -2.09. The lowest BCUT2D eigenvalue weighted by atomic mass is 10.1. The van der Waals surface area contributed by atoms with Gasteiger partial charge in [-0.2, -0.15) is 0 Å². The first-order valence-electron chi connectivity index (χ1n) is 8.69. The second kappa shape index (κ2) is 9.90. The van der Waals surface area contributed by atoms with Crippen molar-refractivity contribution in [3.05, 3.63) is 63.9 Å². The van der Waals surface area contributed by atoms with E-state index < -0.39 is 5.97 Å². The number of benzene rings is 1. The van der Waals surface area contributed by atoms with E-state index in [-0.39, 0.29) is 24.8 Å². The minimum atomic E-state index is -0.632. The number of nitrogens with zero attached hydrogens (tertiary/aromatic N) is 1. The molecule has 0 aliphatic carbocycles. The Morgan fingerprint density at radius 1 is 1.18 bits per heavy atom. The second-order valence-electron chi connectivity index (χ2n) is 6.15. The lowest BCUT2D eigenvalue weighted by Crippen LogP contribution is -2.14. The molecule has 1 heterocycles. The van der Waals surface area contributed by atoms with E-state index in [1.165, 1.54) is 19.3 Å². The highest BCUT2D eigenvalue weighted by Gasteiger charge is 2.17. The van der Waals surface area contributed by atoms with Crippen LogP contribution in [-0.4, -0.2) is 36.0 Å². The predicted molar refractivity (Wildman–Crippen MR) is 106 cm³/mol. The molecule has 0 bridgehead atoms. The van der Waals surface area contributed by atoms with E-state index in [0.29, 0.717) is 28.4 Å². The van der Waals surface area contributed by atoms with Crippen molar-refractivity contribution in [2.75, 3.05) is 13.7 Å². The number of ketones is 1. The number of esters is 2. The number of methoxy groups -OCH3 is 1. The zero-order chi connectivity index (χ0) is 20.7. The van der Waals surface area contributed by atoms with E-state index >= 15 is 0 Å². The van der Waals surface area contributed by atoms with Crippen molar-refractivity contribution in [2.24, 2.45) is 0 Å². The van der Waals surface area contributed by atoms with Crippen LogP contribution in [0.1, 0.15) is 33.7 Å². The fraction of sp³-hybridized carbons (Fsp3) is 0.286. The third-order valence-corrected chi connectivity index (χ3v) is 4.64. The highest BCUT2D eigenvalue weighted by Crippen LogP contribution is 2.18. The molecular formula is C21H22ClNO5. The minimum absolute atomic E-state index is 0.211. The molecule has 2 rings (SSSR count). The van der Waals surface area contributed by atoms with Crippen LogP contribution < -0.4 is 0 Å². The Balaban J connectivity index is 1.96. The Morgan fingerprint density at radius 3 is 2.57 bits per heavy atom. The zero-order valence-electron chi connectivity index (χ0n) is 16.0. The first-order chi connectivity index (χ1) is 13.3. The van der Waals surface area contributed by atoms with E-state index in [1.807, 2.05) is 11.5 Å². The van der Waals surface area contributed by atoms with Gasteiger partial charge in [-0.15, -0.1) is 0 Å². The average molecular weight is 404 g/mol. The SMILES string of the molecule is COC(=O)CCn1c(C)cc(C(=O)COC(=O)/C=C/c2ccccc2Cl)c1C.